The second-order valence-electron chi connectivity index (χ2n) is 5.05. The standard InChI is InChI=1S/C13H20ClNO2.ClH/c1-13(2,3)12(15)8-6-7-9(16-4)11(17-5)10(8)14;/h6-7,12H,15H2,1-5H3;1H/t12-;/m0./s1. The molecule has 0 aromatic heterocycles. The third kappa shape index (κ3) is 3.44. The molecule has 0 saturated heterocycles. The third-order valence-electron chi connectivity index (χ3n) is 2.78. The fraction of sp³-hybridized carbons (Fsp3) is 0.538. The molecule has 5 heteroatoms. The van der Waals surface area contributed by atoms with Crippen molar-refractivity contribution in [1.29, 1.82) is 0 Å². The first-order chi connectivity index (χ1) is 7.82. The summed E-state index contributed by atoms with van der Waals surface area (Å²) in [5, 5.41) is 0.522. The van der Waals surface area contributed by atoms with Crippen molar-refractivity contribution in [3.05, 3.63) is 22.7 Å². The van der Waals surface area contributed by atoms with E-state index in [9.17, 15) is 0 Å². The van der Waals surface area contributed by atoms with Gasteiger partial charge >= 0.3 is 0 Å². The van der Waals surface area contributed by atoms with Crippen LogP contribution in [0.3, 0.4) is 0 Å². The van der Waals surface area contributed by atoms with E-state index in [1.807, 2.05) is 12.1 Å². The Hall–Kier alpha value is -0.640. The Labute approximate surface area is 120 Å². The van der Waals surface area contributed by atoms with Crippen LogP contribution in [0.5, 0.6) is 11.5 Å². The SMILES string of the molecule is COc1ccc([C@H](N)C(C)(C)C)c(Cl)c1OC.Cl. The van der Waals surface area contributed by atoms with E-state index in [1.54, 1.807) is 14.2 Å². The van der Waals surface area contributed by atoms with E-state index >= 15 is 0 Å². The number of nitrogens with two attached hydrogens (primary N) is 1. The van der Waals surface area contributed by atoms with Crippen LogP contribution in [0.25, 0.3) is 0 Å². The van der Waals surface area contributed by atoms with Crippen molar-refractivity contribution in [3.63, 3.8) is 0 Å². The number of hydrogen-bond donors (Lipinski definition) is 1. The fourth-order valence-electron chi connectivity index (χ4n) is 1.61. The highest BCUT2D eigenvalue weighted by molar-refractivity contribution is 6.33. The fourth-order valence-corrected chi connectivity index (χ4v) is 1.96. The molecule has 0 unspecified atom stereocenters. The van der Waals surface area contributed by atoms with Gasteiger partial charge in [-0.05, 0) is 17.0 Å². The van der Waals surface area contributed by atoms with E-state index in [4.69, 9.17) is 26.8 Å². The first-order valence-corrected chi connectivity index (χ1v) is 5.86. The molecule has 104 valence electrons. The van der Waals surface area contributed by atoms with E-state index in [-0.39, 0.29) is 23.9 Å². The molecule has 0 aliphatic heterocycles. The molecule has 0 bridgehead atoms. The molecule has 0 aliphatic rings. The minimum Gasteiger partial charge on any atom is -0.493 e. The number of ether oxygens (including phenoxy) is 2. The van der Waals surface area contributed by atoms with Crippen LogP contribution in [0.15, 0.2) is 12.1 Å². The summed E-state index contributed by atoms with van der Waals surface area (Å²) in [5.74, 6) is 1.15. The van der Waals surface area contributed by atoms with Crippen molar-refractivity contribution < 1.29 is 9.47 Å². The molecular weight excluding hydrogens is 273 g/mol. The lowest BCUT2D eigenvalue weighted by Gasteiger charge is -2.28. The predicted molar refractivity (Wildman–Crippen MR) is 78.2 cm³/mol. The molecule has 2 N–H and O–H groups in total. The highest BCUT2D eigenvalue weighted by Gasteiger charge is 2.26. The van der Waals surface area contributed by atoms with Crippen molar-refractivity contribution >= 4 is 24.0 Å². The normalized spacial score (nSPS) is 12.6. The Morgan fingerprint density at radius 1 is 1.17 bits per heavy atom. The third-order valence-corrected chi connectivity index (χ3v) is 3.17. The zero-order valence-corrected chi connectivity index (χ0v) is 13.0. The van der Waals surface area contributed by atoms with Crippen LogP contribution < -0.4 is 15.2 Å². The van der Waals surface area contributed by atoms with E-state index < -0.39 is 0 Å². The maximum atomic E-state index is 6.31. The summed E-state index contributed by atoms with van der Waals surface area (Å²) in [6.45, 7) is 6.22. The molecule has 0 fully saturated rings. The van der Waals surface area contributed by atoms with Crippen molar-refractivity contribution in [2.24, 2.45) is 11.1 Å². The molecule has 0 spiro atoms. The van der Waals surface area contributed by atoms with Gasteiger partial charge in [0, 0.05) is 6.04 Å². The summed E-state index contributed by atoms with van der Waals surface area (Å²) in [7, 11) is 3.15. The maximum Gasteiger partial charge on any atom is 0.179 e. The molecule has 1 aromatic rings. The summed E-state index contributed by atoms with van der Waals surface area (Å²) in [4.78, 5) is 0. The van der Waals surface area contributed by atoms with Crippen molar-refractivity contribution in [3.8, 4) is 11.5 Å². The maximum absolute atomic E-state index is 6.31. The molecule has 0 amide bonds. The Balaban J connectivity index is 0.00000289. The highest BCUT2D eigenvalue weighted by Crippen LogP contribution is 2.42. The van der Waals surface area contributed by atoms with Crippen LogP contribution in [0.2, 0.25) is 5.02 Å². The topological polar surface area (TPSA) is 44.5 Å². The van der Waals surface area contributed by atoms with Gasteiger partial charge in [-0.15, -0.1) is 12.4 Å². The molecule has 0 radical (unpaired) electrons. The van der Waals surface area contributed by atoms with E-state index in [0.717, 1.165) is 5.56 Å². The van der Waals surface area contributed by atoms with Gasteiger partial charge in [-0.2, -0.15) is 0 Å². The molecular formula is C13H21Cl2NO2. The lowest BCUT2D eigenvalue weighted by atomic mass is 9.83. The molecule has 3 nitrogen and oxygen atoms in total. The van der Waals surface area contributed by atoms with Crippen LogP contribution in [-0.4, -0.2) is 14.2 Å². The number of benzene rings is 1. The summed E-state index contributed by atoms with van der Waals surface area (Å²) < 4.78 is 10.4. The van der Waals surface area contributed by atoms with E-state index in [1.165, 1.54) is 0 Å². The van der Waals surface area contributed by atoms with Gasteiger partial charge in [0.25, 0.3) is 0 Å². The number of halogens is 2. The first-order valence-electron chi connectivity index (χ1n) is 5.49. The molecule has 0 saturated carbocycles. The van der Waals surface area contributed by atoms with Crippen LogP contribution in [0.4, 0.5) is 0 Å². The van der Waals surface area contributed by atoms with Gasteiger partial charge in [0.05, 0.1) is 19.2 Å². The Morgan fingerprint density at radius 2 is 1.72 bits per heavy atom. The Morgan fingerprint density at radius 3 is 2.11 bits per heavy atom. The van der Waals surface area contributed by atoms with Gasteiger partial charge in [-0.3, -0.25) is 0 Å². The van der Waals surface area contributed by atoms with E-state index in [0.29, 0.717) is 16.5 Å². The summed E-state index contributed by atoms with van der Waals surface area (Å²) in [5.41, 5.74) is 7.01. The van der Waals surface area contributed by atoms with Gasteiger partial charge in [0.2, 0.25) is 0 Å². The zero-order chi connectivity index (χ0) is 13.2. The smallest absolute Gasteiger partial charge is 0.179 e. The second kappa shape index (κ2) is 6.50. The Bertz CT molecular complexity index is 403. The quantitative estimate of drug-likeness (QED) is 0.921. The lowest BCUT2D eigenvalue weighted by Crippen LogP contribution is -2.26. The summed E-state index contributed by atoms with van der Waals surface area (Å²) in [6.07, 6.45) is 0. The molecule has 18 heavy (non-hydrogen) atoms. The average Bonchev–Trinajstić information content (AvgIpc) is 2.26. The van der Waals surface area contributed by atoms with Gasteiger partial charge in [0.1, 0.15) is 0 Å². The second-order valence-corrected chi connectivity index (χ2v) is 5.43. The van der Waals surface area contributed by atoms with Crippen molar-refractivity contribution in [2.45, 2.75) is 26.8 Å². The predicted octanol–water partition coefficient (Wildman–Crippen LogP) is 3.82. The largest absolute Gasteiger partial charge is 0.493 e. The van der Waals surface area contributed by atoms with E-state index in [2.05, 4.69) is 20.8 Å². The lowest BCUT2D eigenvalue weighted by molar-refractivity contribution is 0.322. The van der Waals surface area contributed by atoms with Gasteiger partial charge in [0.15, 0.2) is 11.5 Å². The van der Waals surface area contributed by atoms with Crippen molar-refractivity contribution in [2.75, 3.05) is 14.2 Å². The van der Waals surface area contributed by atoms with Crippen LogP contribution in [0, 0.1) is 5.41 Å². The van der Waals surface area contributed by atoms with Gasteiger partial charge in [-0.25, -0.2) is 0 Å². The summed E-state index contributed by atoms with van der Waals surface area (Å²) in [6, 6.07) is 3.56. The van der Waals surface area contributed by atoms with Crippen LogP contribution in [0.1, 0.15) is 32.4 Å². The number of rotatable bonds is 3. The summed E-state index contributed by atoms with van der Waals surface area (Å²) >= 11 is 6.31. The average molecular weight is 294 g/mol. The zero-order valence-electron chi connectivity index (χ0n) is 11.4. The molecule has 1 atom stereocenters. The molecule has 1 rings (SSSR count). The van der Waals surface area contributed by atoms with Gasteiger partial charge in [-0.1, -0.05) is 38.4 Å². The number of methoxy groups -OCH3 is 2. The molecule has 0 aliphatic carbocycles. The number of hydrogen-bond acceptors (Lipinski definition) is 3. The van der Waals surface area contributed by atoms with Crippen LogP contribution in [-0.2, 0) is 0 Å². The minimum atomic E-state index is -0.158. The monoisotopic (exact) mass is 293 g/mol. The van der Waals surface area contributed by atoms with Gasteiger partial charge < -0.3 is 15.2 Å². The molecule has 0 heterocycles. The first kappa shape index (κ1) is 17.4. The van der Waals surface area contributed by atoms with Crippen LogP contribution >= 0.6 is 24.0 Å². The minimum absolute atomic E-state index is 0. The van der Waals surface area contributed by atoms with Crippen molar-refractivity contribution in [1.82, 2.24) is 0 Å². The molecule has 1 aromatic carbocycles. The Kier molecular flexibility index (Phi) is 6.27. The highest BCUT2D eigenvalue weighted by atomic mass is 35.5.